The lowest BCUT2D eigenvalue weighted by molar-refractivity contribution is -0.488. The highest BCUT2D eigenvalue weighted by Crippen LogP contribution is 2.22. The molecule has 1 aromatic carbocycles. The fraction of sp³-hybridized carbons (Fsp3) is 0.462. The Morgan fingerprint density at radius 1 is 1.30 bits per heavy atom. The molecular formula is C13H18N2O5. The van der Waals surface area contributed by atoms with E-state index in [9.17, 15) is 14.9 Å². The Kier molecular flexibility index (Phi) is 5.04. The molecule has 0 aliphatic rings. The van der Waals surface area contributed by atoms with Crippen LogP contribution in [0.2, 0.25) is 0 Å². The van der Waals surface area contributed by atoms with Gasteiger partial charge in [-0.25, -0.2) is 14.9 Å². The van der Waals surface area contributed by atoms with E-state index in [4.69, 9.17) is 4.89 Å². The zero-order valence-electron chi connectivity index (χ0n) is 11.9. The standard InChI is InChI=1S/C13H18N2O5/c1-10(13(2,3)4)19-20-12(16)14(15(17)18)11-8-6-5-7-9-11/h5-10H,1-4H3. The largest absolute Gasteiger partial charge is 0.504 e. The summed E-state index contributed by atoms with van der Waals surface area (Å²) < 4.78 is 0. The Morgan fingerprint density at radius 2 is 1.85 bits per heavy atom. The summed E-state index contributed by atoms with van der Waals surface area (Å²) in [6, 6.07) is 7.70. The van der Waals surface area contributed by atoms with Gasteiger partial charge in [0.15, 0.2) is 5.03 Å². The van der Waals surface area contributed by atoms with Crippen molar-refractivity contribution in [1.82, 2.24) is 0 Å². The second-order valence-corrected chi connectivity index (χ2v) is 5.34. The Morgan fingerprint density at radius 3 is 2.30 bits per heavy atom. The van der Waals surface area contributed by atoms with E-state index in [-0.39, 0.29) is 16.1 Å². The number of nitrogens with zero attached hydrogens (tertiary/aromatic N) is 2. The number of hydrogen-bond acceptors (Lipinski definition) is 5. The minimum atomic E-state index is -1.20. The smallest absolute Gasteiger partial charge is 0.271 e. The van der Waals surface area contributed by atoms with Crippen LogP contribution in [0.1, 0.15) is 27.7 Å². The Bertz CT molecular complexity index is 469. The molecular weight excluding hydrogens is 264 g/mol. The van der Waals surface area contributed by atoms with Crippen molar-refractivity contribution in [3.63, 3.8) is 0 Å². The average Bonchev–Trinajstić information content (AvgIpc) is 2.35. The summed E-state index contributed by atoms with van der Waals surface area (Å²) >= 11 is 0. The van der Waals surface area contributed by atoms with Crippen LogP contribution in [0.5, 0.6) is 0 Å². The summed E-state index contributed by atoms with van der Waals surface area (Å²) in [7, 11) is 0. The molecule has 0 N–H and O–H groups in total. The van der Waals surface area contributed by atoms with E-state index in [1.807, 2.05) is 20.8 Å². The zero-order chi connectivity index (χ0) is 15.3. The summed E-state index contributed by atoms with van der Waals surface area (Å²) in [6.07, 6.45) is -1.60. The van der Waals surface area contributed by atoms with E-state index in [0.717, 1.165) is 0 Å². The quantitative estimate of drug-likeness (QED) is 0.481. The van der Waals surface area contributed by atoms with Gasteiger partial charge in [0.1, 0.15) is 11.8 Å². The van der Waals surface area contributed by atoms with Gasteiger partial charge >= 0.3 is 6.09 Å². The van der Waals surface area contributed by atoms with E-state index in [0.29, 0.717) is 0 Å². The number of para-hydroxylation sites is 1. The minimum absolute atomic E-state index is 0.0921. The van der Waals surface area contributed by atoms with Gasteiger partial charge in [0.2, 0.25) is 0 Å². The number of rotatable bonds is 4. The summed E-state index contributed by atoms with van der Waals surface area (Å²) in [5.74, 6) is 0. The predicted octanol–water partition coefficient (Wildman–Crippen LogP) is 3.19. The van der Waals surface area contributed by atoms with Crippen LogP contribution in [0.3, 0.4) is 0 Å². The molecule has 0 heterocycles. The van der Waals surface area contributed by atoms with Crippen molar-refractivity contribution >= 4 is 11.8 Å². The normalized spacial score (nSPS) is 12.6. The van der Waals surface area contributed by atoms with Crippen molar-refractivity contribution in [3.05, 3.63) is 40.4 Å². The second kappa shape index (κ2) is 6.33. The molecule has 0 aromatic heterocycles. The highest BCUT2D eigenvalue weighted by atomic mass is 17.2. The van der Waals surface area contributed by atoms with Crippen molar-refractivity contribution in [1.29, 1.82) is 0 Å². The maximum absolute atomic E-state index is 11.8. The fourth-order valence-corrected chi connectivity index (χ4v) is 1.13. The van der Waals surface area contributed by atoms with E-state index in [1.54, 1.807) is 25.1 Å². The molecule has 7 nitrogen and oxygen atoms in total. The number of benzene rings is 1. The summed E-state index contributed by atoms with van der Waals surface area (Å²) in [6.45, 7) is 7.40. The van der Waals surface area contributed by atoms with Crippen LogP contribution in [0, 0.1) is 15.5 Å². The van der Waals surface area contributed by atoms with E-state index >= 15 is 0 Å². The predicted molar refractivity (Wildman–Crippen MR) is 72.4 cm³/mol. The van der Waals surface area contributed by atoms with Crippen LogP contribution in [0.4, 0.5) is 10.5 Å². The Labute approximate surface area is 117 Å². The minimum Gasteiger partial charge on any atom is -0.271 e. The topological polar surface area (TPSA) is 81.9 Å². The van der Waals surface area contributed by atoms with Gasteiger partial charge in [0, 0.05) is 5.01 Å². The molecule has 7 heteroatoms. The van der Waals surface area contributed by atoms with Gasteiger partial charge in [0.05, 0.1) is 0 Å². The monoisotopic (exact) mass is 282 g/mol. The molecule has 0 radical (unpaired) electrons. The first-order chi connectivity index (χ1) is 9.23. The third kappa shape index (κ3) is 4.20. The summed E-state index contributed by atoms with van der Waals surface area (Å²) in [5.41, 5.74) is -0.165. The van der Waals surface area contributed by atoms with E-state index < -0.39 is 17.2 Å². The van der Waals surface area contributed by atoms with Crippen molar-refractivity contribution in [2.75, 3.05) is 5.01 Å². The van der Waals surface area contributed by atoms with Gasteiger partial charge in [-0.15, -0.1) is 0 Å². The lowest BCUT2D eigenvalue weighted by Gasteiger charge is -2.25. The average molecular weight is 282 g/mol. The number of nitro groups is 1. The zero-order valence-corrected chi connectivity index (χ0v) is 11.9. The molecule has 1 amide bonds. The third-order valence-corrected chi connectivity index (χ3v) is 2.82. The van der Waals surface area contributed by atoms with Crippen molar-refractivity contribution in [2.45, 2.75) is 33.8 Å². The lowest BCUT2D eigenvalue weighted by atomic mass is 9.91. The highest BCUT2D eigenvalue weighted by molar-refractivity contribution is 5.84. The van der Waals surface area contributed by atoms with E-state index in [1.165, 1.54) is 12.1 Å². The Hall–Kier alpha value is -2.15. The van der Waals surface area contributed by atoms with Crippen LogP contribution < -0.4 is 5.01 Å². The number of hydrogen-bond donors (Lipinski definition) is 0. The molecule has 20 heavy (non-hydrogen) atoms. The van der Waals surface area contributed by atoms with Crippen LogP contribution >= 0.6 is 0 Å². The SMILES string of the molecule is CC(OOC(=O)N(c1ccccc1)[N+](=O)[O-])C(C)(C)C. The van der Waals surface area contributed by atoms with Gasteiger partial charge in [-0.05, 0) is 24.5 Å². The van der Waals surface area contributed by atoms with Crippen molar-refractivity contribution in [2.24, 2.45) is 5.41 Å². The highest BCUT2D eigenvalue weighted by Gasteiger charge is 2.31. The molecule has 1 unspecified atom stereocenters. The summed E-state index contributed by atoms with van der Waals surface area (Å²) in [5, 5.41) is 10.4. The molecule has 0 aliphatic carbocycles. The summed E-state index contributed by atoms with van der Waals surface area (Å²) in [4.78, 5) is 32.2. The van der Waals surface area contributed by atoms with Gasteiger partial charge in [-0.1, -0.05) is 39.0 Å². The van der Waals surface area contributed by atoms with Crippen LogP contribution in [-0.2, 0) is 9.78 Å². The number of hydrazine groups is 1. The maximum atomic E-state index is 11.8. The first kappa shape index (κ1) is 15.9. The van der Waals surface area contributed by atoms with Crippen molar-refractivity contribution in [3.8, 4) is 0 Å². The van der Waals surface area contributed by atoms with Gasteiger partial charge in [-0.2, -0.15) is 4.89 Å². The maximum Gasteiger partial charge on any atom is 0.504 e. The fourth-order valence-electron chi connectivity index (χ4n) is 1.13. The van der Waals surface area contributed by atoms with Crippen molar-refractivity contribution < 1.29 is 19.6 Å². The molecule has 0 saturated heterocycles. The molecule has 0 fully saturated rings. The molecule has 0 spiro atoms. The lowest BCUT2D eigenvalue weighted by Crippen LogP contribution is -2.38. The van der Waals surface area contributed by atoms with Gasteiger partial charge < -0.3 is 0 Å². The molecule has 0 aliphatic heterocycles. The molecule has 110 valence electrons. The Balaban J connectivity index is 2.75. The van der Waals surface area contributed by atoms with Crippen LogP contribution in [0.15, 0.2) is 30.3 Å². The van der Waals surface area contributed by atoms with E-state index in [2.05, 4.69) is 4.89 Å². The number of carbonyl (C=O) groups excluding carboxylic acids is 1. The molecule has 1 aromatic rings. The number of amides is 1. The molecule has 1 rings (SSSR count). The first-order valence-corrected chi connectivity index (χ1v) is 6.10. The van der Waals surface area contributed by atoms with Gasteiger partial charge in [0.25, 0.3) is 0 Å². The second-order valence-electron chi connectivity index (χ2n) is 5.34. The molecule has 1 atom stereocenters. The van der Waals surface area contributed by atoms with Gasteiger partial charge in [-0.3, -0.25) is 4.89 Å². The first-order valence-electron chi connectivity index (χ1n) is 6.10. The van der Waals surface area contributed by atoms with Crippen LogP contribution in [-0.4, -0.2) is 17.2 Å². The molecule has 0 saturated carbocycles. The molecule has 0 bridgehead atoms. The number of carbonyl (C=O) groups is 1. The van der Waals surface area contributed by atoms with Crippen LogP contribution in [0.25, 0.3) is 0 Å². The number of anilines is 1. The third-order valence-electron chi connectivity index (χ3n) is 2.82.